The van der Waals surface area contributed by atoms with E-state index in [1.807, 2.05) is 36.4 Å². The number of rotatable bonds is 8. The van der Waals surface area contributed by atoms with Crippen molar-refractivity contribution in [2.45, 2.75) is 0 Å². The first kappa shape index (κ1) is 27.9. The molecule has 10 heteroatoms. The lowest BCUT2D eigenvalue weighted by Crippen LogP contribution is -2.19. The van der Waals surface area contributed by atoms with Crippen molar-refractivity contribution in [3.63, 3.8) is 0 Å². The van der Waals surface area contributed by atoms with E-state index in [4.69, 9.17) is 25.8 Å². The van der Waals surface area contributed by atoms with Crippen molar-refractivity contribution in [3.8, 4) is 28.4 Å². The number of hydrogen-bond acceptors (Lipinski definition) is 6. The second-order valence-electron chi connectivity index (χ2n) is 8.74. The highest BCUT2D eigenvalue weighted by atomic mass is 79.9. The van der Waals surface area contributed by atoms with E-state index in [0.717, 1.165) is 20.9 Å². The summed E-state index contributed by atoms with van der Waals surface area (Å²) in [5, 5.41) is 5.49. The summed E-state index contributed by atoms with van der Waals surface area (Å²) in [4.78, 5) is 29.1. The Hall–Kier alpha value is -4.60. The Morgan fingerprint density at radius 2 is 1.71 bits per heavy atom. The number of fused-ring (bicyclic) bond motifs is 1. The van der Waals surface area contributed by atoms with Crippen LogP contribution in [0.25, 0.3) is 22.0 Å². The first-order valence-corrected chi connectivity index (χ1v) is 13.5. The van der Waals surface area contributed by atoms with E-state index in [1.54, 1.807) is 55.6 Å². The van der Waals surface area contributed by atoms with Crippen molar-refractivity contribution in [1.82, 2.24) is 10.4 Å². The maximum absolute atomic E-state index is 13.3. The average molecular weight is 633 g/mol. The van der Waals surface area contributed by atoms with Crippen LogP contribution in [0.2, 0.25) is 5.02 Å². The fourth-order valence-electron chi connectivity index (χ4n) is 4.25. The number of H-pyrrole nitrogens is 1. The molecular weight excluding hydrogens is 610 g/mol. The highest BCUT2D eigenvalue weighted by molar-refractivity contribution is 9.10. The zero-order chi connectivity index (χ0) is 28.9. The van der Waals surface area contributed by atoms with Crippen LogP contribution in [0.1, 0.15) is 26.4 Å². The molecule has 0 saturated heterocycles. The first-order valence-electron chi connectivity index (χ1n) is 12.3. The average Bonchev–Trinajstić information content (AvgIpc) is 3.39. The van der Waals surface area contributed by atoms with Crippen molar-refractivity contribution in [2.75, 3.05) is 14.2 Å². The number of nitrogens with one attached hydrogen (secondary N) is 2. The Morgan fingerprint density at radius 1 is 0.927 bits per heavy atom. The summed E-state index contributed by atoms with van der Waals surface area (Å²) in [6, 6.07) is 24.5. The van der Waals surface area contributed by atoms with Crippen molar-refractivity contribution in [2.24, 2.45) is 5.10 Å². The van der Waals surface area contributed by atoms with Gasteiger partial charge < -0.3 is 19.2 Å². The predicted octanol–water partition coefficient (Wildman–Crippen LogP) is 7.25. The summed E-state index contributed by atoms with van der Waals surface area (Å²) in [6.07, 6.45) is 1.46. The molecule has 0 atom stereocenters. The smallest absolute Gasteiger partial charge is 0.343 e. The largest absolute Gasteiger partial charge is 0.497 e. The van der Waals surface area contributed by atoms with Gasteiger partial charge >= 0.3 is 5.97 Å². The van der Waals surface area contributed by atoms with Crippen LogP contribution in [0, 0.1) is 0 Å². The van der Waals surface area contributed by atoms with Crippen LogP contribution < -0.4 is 19.6 Å². The zero-order valence-electron chi connectivity index (χ0n) is 21.9. The molecule has 1 aromatic heterocycles. The summed E-state index contributed by atoms with van der Waals surface area (Å²) in [5.41, 5.74) is 6.02. The van der Waals surface area contributed by atoms with Gasteiger partial charge in [0.05, 0.1) is 31.5 Å². The number of carbonyl (C=O) groups is 2. The number of carbonyl (C=O) groups excluding carboxylic acids is 2. The Morgan fingerprint density at radius 3 is 2.44 bits per heavy atom. The van der Waals surface area contributed by atoms with Gasteiger partial charge in [-0.25, -0.2) is 10.2 Å². The lowest BCUT2D eigenvalue weighted by atomic mass is 10.0. The molecule has 206 valence electrons. The molecule has 5 rings (SSSR count). The van der Waals surface area contributed by atoms with E-state index in [1.165, 1.54) is 13.3 Å². The van der Waals surface area contributed by atoms with Crippen LogP contribution in [0.3, 0.4) is 0 Å². The summed E-state index contributed by atoms with van der Waals surface area (Å²) in [5.74, 6) is 0.203. The second-order valence-corrected chi connectivity index (χ2v) is 10.0. The van der Waals surface area contributed by atoms with Crippen LogP contribution in [-0.4, -0.2) is 37.3 Å². The molecule has 0 aliphatic heterocycles. The third kappa shape index (κ3) is 5.96. The Labute approximate surface area is 249 Å². The SMILES string of the molecule is COc1ccc(C(=O)Oc2ccc(C=NNC(=O)c3[nH]c4c(Br)cccc4c3-c3ccccc3Cl)cc2OC)cc1. The lowest BCUT2D eigenvalue weighted by molar-refractivity contribution is 0.0729. The molecule has 0 fully saturated rings. The second kappa shape index (κ2) is 12.3. The molecule has 2 N–H and O–H groups in total. The normalized spacial score (nSPS) is 11.0. The molecule has 1 heterocycles. The molecule has 1 amide bonds. The van der Waals surface area contributed by atoms with Crippen molar-refractivity contribution in [3.05, 3.63) is 111 Å². The number of methoxy groups -OCH3 is 2. The van der Waals surface area contributed by atoms with Gasteiger partial charge in [0.15, 0.2) is 11.5 Å². The number of hydrazone groups is 1. The monoisotopic (exact) mass is 631 g/mol. The molecule has 0 spiro atoms. The molecule has 0 aliphatic rings. The summed E-state index contributed by atoms with van der Waals surface area (Å²) in [6.45, 7) is 0. The molecule has 5 aromatic rings. The highest BCUT2D eigenvalue weighted by Gasteiger charge is 2.21. The van der Waals surface area contributed by atoms with E-state index in [2.05, 4.69) is 31.4 Å². The van der Waals surface area contributed by atoms with Gasteiger partial charge in [-0.2, -0.15) is 5.10 Å². The van der Waals surface area contributed by atoms with Crippen LogP contribution in [0.4, 0.5) is 0 Å². The minimum Gasteiger partial charge on any atom is -0.497 e. The Kier molecular flexibility index (Phi) is 8.37. The zero-order valence-corrected chi connectivity index (χ0v) is 24.2. The number of aromatic nitrogens is 1. The van der Waals surface area contributed by atoms with Gasteiger partial charge in [0, 0.05) is 26.0 Å². The number of aromatic amines is 1. The molecule has 0 aliphatic carbocycles. The minimum absolute atomic E-state index is 0.238. The van der Waals surface area contributed by atoms with E-state index in [0.29, 0.717) is 38.9 Å². The van der Waals surface area contributed by atoms with E-state index < -0.39 is 11.9 Å². The molecule has 0 saturated carbocycles. The molecular formula is C31H23BrClN3O5. The Balaban J connectivity index is 1.35. The van der Waals surface area contributed by atoms with Gasteiger partial charge in [0.2, 0.25) is 0 Å². The number of ether oxygens (including phenoxy) is 3. The van der Waals surface area contributed by atoms with Crippen LogP contribution >= 0.6 is 27.5 Å². The van der Waals surface area contributed by atoms with Gasteiger partial charge in [0.25, 0.3) is 5.91 Å². The van der Waals surface area contributed by atoms with Crippen LogP contribution in [0.5, 0.6) is 17.2 Å². The van der Waals surface area contributed by atoms with E-state index >= 15 is 0 Å². The quantitative estimate of drug-likeness (QED) is 0.0812. The third-order valence-electron chi connectivity index (χ3n) is 6.25. The van der Waals surface area contributed by atoms with Gasteiger partial charge in [-0.05, 0) is 76.1 Å². The van der Waals surface area contributed by atoms with Crippen LogP contribution in [-0.2, 0) is 0 Å². The molecule has 0 bridgehead atoms. The number of amides is 1. The fourth-order valence-corrected chi connectivity index (χ4v) is 4.95. The molecule has 4 aromatic carbocycles. The van der Waals surface area contributed by atoms with Gasteiger partial charge in [-0.3, -0.25) is 4.79 Å². The predicted molar refractivity (Wildman–Crippen MR) is 162 cm³/mol. The number of benzene rings is 4. The van der Waals surface area contributed by atoms with Crippen molar-refractivity contribution < 1.29 is 23.8 Å². The van der Waals surface area contributed by atoms with Crippen molar-refractivity contribution >= 4 is 56.5 Å². The number of halogens is 2. The summed E-state index contributed by atoms with van der Waals surface area (Å²) >= 11 is 10.0. The Bertz CT molecular complexity index is 1780. The molecule has 0 unspecified atom stereocenters. The van der Waals surface area contributed by atoms with Gasteiger partial charge in [-0.15, -0.1) is 0 Å². The minimum atomic E-state index is -0.543. The number of esters is 1. The topological polar surface area (TPSA) is 102 Å². The van der Waals surface area contributed by atoms with E-state index in [9.17, 15) is 9.59 Å². The number of nitrogens with zero attached hydrogens (tertiary/aromatic N) is 1. The number of para-hydroxylation sites is 1. The van der Waals surface area contributed by atoms with Gasteiger partial charge in [0.1, 0.15) is 11.4 Å². The molecule has 0 radical (unpaired) electrons. The van der Waals surface area contributed by atoms with Gasteiger partial charge in [-0.1, -0.05) is 41.9 Å². The maximum atomic E-state index is 13.3. The van der Waals surface area contributed by atoms with Crippen molar-refractivity contribution in [1.29, 1.82) is 0 Å². The van der Waals surface area contributed by atoms with Crippen LogP contribution in [0.15, 0.2) is 94.5 Å². The number of hydrogen-bond donors (Lipinski definition) is 2. The maximum Gasteiger partial charge on any atom is 0.343 e. The summed E-state index contributed by atoms with van der Waals surface area (Å²) in [7, 11) is 3.01. The highest BCUT2D eigenvalue weighted by Crippen LogP contribution is 2.38. The summed E-state index contributed by atoms with van der Waals surface area (Å²) < 4.78 is 16.9. The molecule has 8 nitrogen and oxygen atoms in total. The first-order chi connectivity index (χ1) is 19.9. The standard InChI is InChI=1S/C31H23BrClN3O5/c1-39-20-13-11-19(12-14-20)31(38)41-25-15-10-18(16-26(25)40-2)17-34-36-30(37)29-27(21-6-3-4-9-24(21)33)22-7-5-8-23(32)28(22)35-29/h3-17,35H,1-2H3,(H,36,37). The third-order valence-corrected chi connectivity index (χ3v) is 7.24. The molecule has 41 heavy (non-hydrogen) atoms. The lowest BCUT2D eigenvalue weighted by Gasteiger charge is -2.10. The van der Waals surface area contributed by atoms with E-state index in [-0.39, 0.29) is 5.75 Å². The fraction of sp³-hybridized carbons (Fsp3) is 0.0645.